The normalized spacial score (nSPS) is 11.8. The summed E-state index contributed by atoms with van der Waals surface area (Å²) >= 11 is 6.10. The van der Waals surface area contributed by atoms with Crippen molar-refractivity contribution in [2.75, 3.05) is 5.73 Å². The summed E-state index contributed by atoms with van der Waals surface area (Å²) in [4.78, 5) is 4.35. The van der Waals surface area contributed by atoms with Crippen LogP contribution in [0.15, 0.2) is 22.7 Å². The highest BCUT2D eigenvalue weighted by Crippen LogP contribution is 2.29. The number of rotatable bonds is 2. The van der Waals surface area contributed by atoms with Crippen LogP contribution in [0.2, 0.25) is 5.02 Å². The molecule has 1 heterocycles. The first-order chi connectivity index (χ1) is 8.35. The lowest BCUT2D eigenvalue weighted by atomic mass is 9.92. The van der Waals surface area contributed by atoms with Crippen LogP contribution in [0, 0.1) is 5.41 Å². The minimum Gasteiger partial charge on any atom is -0.399 e. The molecular weight excluding hydrogens is 250 g/mol. The lowest BCUT2D eigenvalue weighted by molar-refractivity contribution is 0.374. The molecule has 0 saturated heterocycles. The van der Waals surface area contributed by atoms with Crippen LogP contribution < -0.4 is 5.73 Å². The number of hydrogen-bond acceptors (Lipinski definition) is 4. The van der Waals surface area contributed by atoms with E-state index in [1.165, 1.54) is 0 Å². The van der Waals surface area contributed by atoms with Gasteiger partial charge >= 0.3 is 0 Å². The van der Waals surface area contributed by atoms with E-state index in [9.17, 15) is 0 Å². The van der Waals surface area contributed by atoms with Crippen LogP contribution in [-0.4, -0.2) is 10.1 Å². The molecule has 0 amide bonds. The molecule has 0 atom stereocenters. The molecule has 5 heteroatoms. The maximum absolute atomic E-state index is 6.10. The summed E-state index contributed by atoms with van der Waals surface area (Å²) in [7, 11) is 0. The second kappa shape index (κ2) is 4.61. The highest BCUT2D eigenvalue weighted by atomic mass is 35.5. The van der Waals surface area contributed by atoms with Crippen LogP contribution in [0.5, 0.6) is 0 Å². The Balaban J connectivity index is 2.29. The molecule has 2 aromatic rings. The molecule has 0 radical (unpaired) electrons. The molecule has 0 spiro atoms. The SMILES string of the molecule is CC(C)(C)Cc1noc(-c2ccc(N)cc2Cl)n1. The Morgan fingerprint density at radius 1 is 1.33 bits per heavy atom. The van der Waals surface area contributed by atoms with E-state index < -0.39 is 0 Å². The molecule has 2 rings (SSSR count). The molecular formula is C13H16ClN3O. The summed E-state index contributed by atoms with van der Waals surface area (Å²) in [5.74, 6) is 1.12. The van der Waals surface area contributed by atoms with E-state index in [0.29, 0.717) is 28.0 Å². The molecule has 4 nitrogen and oxygen atoms in total. The average Bonchev–Trinajstić information content (AvgIpc) is 2.63. The zero-order valence-corrected chi connectivity index (χ0v) is 11.5. The molecule has 0 fully saturated rings. The van der Waals surface area contributed by atoms with E-state index >= 15 is 0 Å². The zero-order chi connectivity index (χ0) is 13.3. The fourth-order valence-corrected chi connectivity index (χ4v) is 1.88. The fourth-order valence-electron chi connectivity index (χ4n) is 1.61. The van der Waals surface area contributed by atoms with Gasteiger partial charge in [-0.2, -0.15) is 4.98 Å². The summed E-state index contributed by atoms with van der Waals surface area (Å²) in [5, 5.41) is 4.48. The molecule has 0 aliphatic rings. The number of aromatic nitrogens is 2. The molecule has 0 aliphatic carbocycles. The van der Waals surface area contributed by atoms with Crippen molar-refractivity contribution in [3.05, 3.63) is 29.0 Å². The van der Waals surface area contributed by atoms with Crippen LogP contribution in [-0.2, 0) is 6.42 Å². The topological polar surface area (TPSA) is 64.9 Å². The molecule has 2 N–H and O–H groups in total. The molecule has 1 aromatic heterocycles. The van der Waals surface area contributed by atoms with E-state index in [-0.39, 0.29) is 5.41 Å². The van der Waals surface area contributed by atoms with Gasteiger partial charge in [0.15, 0.2) is 5.82 Å². The first-order valence-electron chi connectivity index (χ1n) is 5.73. The predicted molar refractivity (Wildman–Crippen MR) is 72.3 cm³/mol. The quantitative estimate of drug-likeness (QED) is 0.843. The van der Waals surface area contributed by atoms with Crippen molar-refractivity contribution in [1.29, 1.82) is 0 Å². The Kier molecular flexibility index (Phi) is 3.30. The second-order valence-corrected chi connectivity index (χ2v) is 5.90. The van der Waals surface area contributed by atoms with Crippen molar-refractivity contribution in [2.24, 2.45) is 5.41 Å². The standard InChI is InChI=1S/C13H16ClN3O/c1-13(2,3)7-11-16-12(18-17-11)9-5-4-8(15)6-10(9)14/h4-6H,7,15H2,1-3H3. The first-order valence-corrected chi connectivity index (χ1v) is 6.11. The minimum atomic E-state index is 0.117. The Labute approximate surface area is 111 Å². The molecule has 0 aliphatic heterocycles. The molecule has 18 heavy (non-hydrogen) atoms. The van der Waals surface area contributed by atoms with Crippen molar-refractivity contribution in [3.63, 3.8) is 0 Å². The van der Waals surface area contributed by atoms with Gasteiger partial charge in [-0.1, -0.05) is 37.5 Å². The summed E-state index contributed by atoms with van der Waals surface area (Å²) < 4.78 is 5.23. The van der Waals surface area contributed by atoms with Crippen molar-refractivity contribution >= 4 is 17.3 Å². The molecule has 0 bridgehead atoms. The Bertz CT molecular complexity index is 558. The molecule has 96 valence electrons. The third kappa shape index (κ3) is 3.01. The first kappa shape index (κ1) is 12.9. The van der Waals surface area contributed by atoms with Crippen LogP contribution in [0.4, 0.5) is 5.69 Å². The van der Waals surface area contributed by atoms with Gasteiger partial charge in [0.1, 0.15) is 0 Å². The Hall–Kier alpha value is -1.55. The number of nitrogen functional groups attached to an aromatic ring is 1. The van der Waals surface area contributed by atoms with Crippen LogP contribution in [0.3, 0.4) is 0 Å². The average molecular weight is 266 g/mol. The lowest BCUT2D eigenvalue weighted by Gasteiger charge is -2.14. The van der Waals surface area contributed by atoms with Crippen molar-refractivity contribution < 1.29 is 4.52 Å². The third-order valence-corrected chi connectivity index (χ3v) is 2.69. The van der Waals surface area contributed by atoms with E-state index in [4.69, 9.17) is 21.9 Å². The van der Waals surface area contributed by atoms with Gasteiger partial charge < -0.3 is 10.3 Å². The third-order valence-electron chi connectivity index (χ3n) is 2.38. The largest absolute Gasteiger partial charge is 0.399 e. The highest BCUT2D eigenvalue weighted by Gasteiger charge is 2.17. The van der Waals surface area contributed by atoms with E-state index in [0.717, 1.165) is 6.42 Å². The fraction of sp³-hybridized carbons (Fsp3) is 0.385. The van der Waals surface area contributed by atoms with Gasteiger partial charge in [0, 0.05) is 12.1 Å². The number of nitrogens with two attached hydrogens (primary N) is 1. The highest BCUT2D eigenvalue weighted by molar-refractivity contribution is 6.33. The minimum absolute atomic E-state index is 0.117. The summed E-state index contributed by atoms with van der Waals surface area (Å²) in [6.07, 6.45) is 0.753. The molecule has 1 aromatic carbocycles. The van der Waals surface area contributed by atoms with E-state index in [2.05, 4.69) is 30.9 Å². The van der Waals surface area contributed by atoms with Gasteiger partial charge in [-0.05, 0) is 23.6 Å². The number of nitrogens with zero attached hydrogens (tertiary/aromatic N) is 2. The molecule has 0 saturated carbocycles. The summed E-state index contributed by atoms with van der Waals surface area (Å²) in [6, 6.07) is 5.21. The smallest absolute Gasteiger partial charge is 0.259 e. The van der Waals surface area contributed by atoms with Gasteiger partial charge in [0.05, 0.1) is 10.6 Å². The summed E-state index contributed by atoms with van der Waals surface area (Å²) in [6.45, 7) is 6.37. The van der Waals surface area contributed by atoms with Gasteiger partial charge in [0.25, 0.3) is 5.89 Å². The number of benzene rings is 1. The Morgan fingerprint density at radius 2 is 2.06 bits per heavy atom. The van der Waals surface area contributed by atoms with Gasteiger partial charge in [-0.25, -0.2) is 0 Å². The zero-order valence-electron chi connectivity index (χ0n) is 10.7. The molecule has 0 unspecified atom stereocenters. The maximum Gasteiger partial charge on any atom is 0.259 e. The van der Waals surface area contributed by atoms with Gasteiger partial charge in [-0.3, -0.25) is 0 Å². The van der Waals surface area contributed by atoms with Crippen molar-refractivity contribution in [3.8, 4) is 11.5 Å². The van der Waals surface area contributed by atoms with Crippen LogP contribution >= 0.6 is 11.6 Å². The van der Waals surface area contributed by atoms with Crippen molar-refractivity contribution in [2.45, 2.75) is 27.2 Å². The van der Waals surface area contributed by atoms with Gasteiger partial charge in [0.2, 0.25) is 0 Å². The monoisotopic (exact) mass is 265 g/mol. The summed E-state index contributed by atoms with van der Waals surface area (Å²) in [5.41, 5.74) is 7.08. The Morgan fingerprint density at radius 3 is 2.67 bits per heavy atom. The predicted octanol–water partition coefficient (Wildman–Crippen LogP) is 3.56. The van der Waals surface area contributed by atoms with E-state index in [1.807, 2.05) is 0 Å². The second-order valence-electron chi connectivity index (χ2n) is 5.49. The van der Waals surface area contributed by atoms with E-state index in [1.54, 1.807) is 18.2 Å². The van der Waals surface area contributed by atoms with Crippen LogP contribution in [0.1, 0.15) is 26.6 Å². The maximum atomic E-state index is 6.10. The van der Waals surface area contributed by atoms with Gasteiger partial charge in [-0.15, -0.1) is 0 Å². The lowest BCUT2D eigenvalue weighted by Crippen LogP contribution is -2.10. The van der Waals surface area contributed by atoms with Crippen LogP contribution in [0.25, 0.3) is 11.5 Å². The number of hydrogen-bond donors (Lipinski definition) is 1. The number of halogens is 1. The number of anilines is 1. The van der Waals surface area contributed by atoms with Crippen molar-refractivity contribution in [1.82, 2.24) is 10.1 Å².